The predicted molar refractivity (Wildman–Crippen MR) is 96.6 cm³/mol. The number of benzene rings is 1. The summed E-state index contributed by atoms with van der Waals surface area (Å²) in [7, 11) is 0. The number of carbonyl (C=O) groups excluding carboxylic acids is 2. The highest BCUT2D eigenvalue weighted by atomic mass is 35.5. The SMILES string of the molecule is CCCC[C@@H]1CN(c2cccc(Cl)c2)C(=O)CN1C(=O)Cn1cnnn1. The summed E-state index contributed by atoms with van der Waals surface area (Å²) in [5, 5.41) is 11.4. The monoisotopic (exact) mass is 376 g/mol. The van der Waals surface area contributed by atoms with Gasteiger partial charge >= 0.3 is 0 Å². The van der Waals surface area contributed by atoms with Crippen molar-refractivity contribution in [2.24, 2.45) is 0 Å². The number of carbonyl (C=O) groups is 2. The molecular weight excluding hydrogens is 356 g/mol. The third-order valence-corrected chi connectivity index (χ3v) is 4.70. The number of nitrogens with zero attached hydrogens (tertiary/aromatic N) is 6. The van der Waals surface area contributed by atoms with Crippen LogP contribution in [0.2, 0.25) is 5.02 Å². The zero-order valence-electron chi connectivity index (χ0n) is 14.6. The molecule has 2 aromatic rings. The first-order chi connectivity index (χ1) is 12.6. The number of unbranched alkanes of at least 4 members (excludes halogenated alkanes) is 1. The minimum atomic E-state index is -0.155. The molecule has 0 N–H and O–H groups in total. The largest absolute Gasteiger partial charge is 0.327 e. The summed E-state index contributed by atoms with van der Waals surface area (Å²) in [4.78, 5) is 28.8. The average Bonchev–Trinajstić information content (AvgIpc) is 3.13. The van der Waals surface area contributed by atoms with Crippen molar-refractivity contribution < 1.29 is 9.59 Å². The summed E-state index contributed by atoms with van der Waals surface area (Å²) < 4.78 is 1.37. The van der Waals surface area contributed by atoms with Crippen molar-refractivity contribution >= 4 is 29.1 Å². The van der Waals surface area contributed by atoms with Gasteiger partial charge in [-0.3, -0.25) is 9.59 Å². The standard InChI is InChI=1S/C17H21ClN6O2/c1-2-3-6-15-9-23(14-7-4-5-13(18)8-14)17(26)11-24(15)16(25)10-22-12-19-20-21-22/h4-5,7-8,12,15H,2-3,6,9-11H2,1H3/t15-/m1/s1. The van der Waals surface area contributed by atoms with Crippen molar-refractivity contribution in [2.75, 3.05) is 18.0 Å². The first kappa shape index (κ1) is 18.3. The Morgan fingerprint density at radius 2 is 2.23 bits per heavy atom. The Hall–Kier alpha value is -2.48. The molecule has 0 unspecified atom stereocenters. The zero-order chi connectivity index (χ0) is 18.5. The van der Waals surface area contributed by atoms with Crippen molar-refractivity contribution in [3.05, 3.63) is 35.6 Å². The Morgan fingerprint density at radius 1 is 1.38 bits per heavy atom. The van der Waals surface area contributed by atoms with Gasteiger partial charge < -0.3 is 9.80 Å². The Bertz CT molecular complexity index is 766. The van der Waals surface area contributed by atoms with Gasteiger partial charge in [-0.25, -0.2) is 4.68 Å². The summed E-state index contributed by atoms with van der Waals surface area (Å²) in [6, 6.07) is 7.18. The van der Waals surface area contributed by atoms with Gasteiger partial charge in [0, 0.05) is 17.3 Å². The summed E-state index contributed by atoms with van der Waals surface area (Å²) in [6.45, 7) is 2.64. The van der Waals surface area contributed by atoms with E-state index < -0.39 is 0 Å². The maximum atomic E-state index is 12.7. The molecule has 1 saturated heterocycles. The maximum absolute atomic E-state index is 12.7. The zero-order valence-corrected chi connectivity index (χ0v) is 15.3. The normalized spacial score (nSPS) is 17.6. The highest BCUT2D eigenvalue weighted by molar-refractivity contribution is 6.30. The van der Waals surface area contributed by atoms with Crippen molar-refractivity contribution in [2.45, 2.75) is 38.8 Å². The van der Waals surface area contributed by atoms with E-state index in [1.54, 1.807) is 21.9 Å². The first-order valence-electron chi connectivity index (χ1n) is 8.64. The topological polar surface area (TPSA) is 84.2 Å². The van der Waals surface area contributed by atoms with E-state index >= 15 is 0 Å². The summed E-state index contributed by atoms with van der Waals surface area (Å²) in [6.07, 6.45) is 4.23. The van der Waals surface area contributed by atoms with Crippen molar-refractivity contribution in [1.29, 1.82) is 0 Å². The van der Waals surface area contributed by atoms with E-state index in [0.29, 0.717) is 11.6 Å². The molecule has 1 atom stereocenters. The molecule has 3 rings (SSSR count). The maximum Gasteiger partial charge on any atom is 0.246 e. The van der Waals surface area contributed by atoms with Crippen LogP contribution in [0.4, 0.5) is 5.69 Å². The van der Waals surface area contributed by atoms with Crippen LogP contribution in [0, 0.1) is 0 Å². The molecule has 0 aliphatic carbocycles. The minimum Gasteiger partial charge on any atom is -0.327 e. The third kappa shape index (κ3) is 4.19. The number of piperazine rings is 1. The summed E-state index contributed by atoms with van der Waals surface area (Å²) >= 11 is 6.07. The van der Waals surface area contributed by atoms with Gasteiger partial charge in [0.15, 0.2) is 0 Å². The van der Waals surface area contributed by atoms with Crippen LogP contribution < -0.4 is 4.90 Å². The number of amides is 2. The van der Waals surface area contributed by atoms with Crippen LogP contribution in [0.15, 0.2) is 30.6 Å². The highest BCUT2D eigenvalue weighted by Gasteiger charge is 2.35. The quantitative estimate of drug-likeness (QED) is 0.767. The molecule has 1 aromatic heterocycles. The number of tetrazole rings is 1. The van der Waals surface area contributed by atoms with Gasteiger partial charge in [0.1, 0.15) is 19.4 Å². The predicted octanol–water partition coefficient (Wildman–Crippen LogP) is 1.76. The average molecular weight is 377 g/mol. The number of anilines is 1. The third-order valence-electron chi connectivity index (χ3n) is 4.46. The Kier molecular flexibility index (Phi) is 5.82. The van der Waals surface area contributed by atoms with E-state index in [9.17, 15) is 9.59 Å². The molecule has 26 heavy (non-hydrogen) atoms. The molecule has 0 spiro atoms. The molecule has 8 nitrogen and oxygen atoms in total. The fourth-order valence-corrected chi connectivity index (χ4v) is 3.31. The number of aromatic nitrogens is 4. The van der Waals surface area contributed by atoms with Gasteiger partial charge in [0.25, 0.3) is 0 Å². The van der Waals surface area contributed by atoms with Gasteiger partial charge in [-0.05, 0) is 35.0 Å². The number of hydrogen-bond acceptors (Lipinski definition) is 5. The minimum absolute atomic E-state index is 0.0278. The molecule has 2 heterocycles. The lowest BCUT2D eigenvalue weighted by atomic mass is 10.0. The fraction of sp³-hybridized carbons (Fsp3) is 0.471. The fourth-order valence-electron chi connectivity index (χ4n) is 3.13. The molecule has 2 amide bonds. The van der Waals surface area contributed by atoms with E-state index in [1.807, 2.05) is 12.1 Å². The van der Waals surface area contributed by atoms with Crippen LogP contribution in [-0.4, -0.2) is 56.1 Å². The second kappa shape index (κ2) is 8.27. The lowest BCUT2D eigenvalue weighted by molar-refractivity contribution is -0.140. The molecule has 0 radical (unpaired) electrons. The molecule has 0 saturated carbocycles. The molecule has 1 aliphatic rings. The molecule has 1 aliphatic heterocycles. The molecule has 9 heteroatoms. The van der Waals surface area contributed by atoms with E-state index in [-0.39, 0.29) is 30.9 Å². The Morgan fingerprint density at radius 3 is 2.92 bits per heavy atom. The molecule has 1 aromatic carbocycles. The number of hydrogen-bond donors (Lipinski definition) is 0. The Balaban J connectivity index is 1.78. The molecule has 1 fully saturated rings. The lowest BCUT2D eigenvalue weighted by Crippen LogP contribution is -2.58. The van der Waals surface area contributed by atoms with Gasteiger partial charge in [-0.2, -0.15) is 0 Å². The molecular formula is C17H21ClN6O2. The highest BCUT2D eigenvalue weighted by Crippen LogP contribution is 2.25. The molecule has 0 bridgehead atoms. The van der Waals surface area contributed by atoms with Crippen LogP contribution in [0.3, 0.4) is 0 Å². The second-order valence-electron chi connectivity index (χ2n) is 6.31. The van der Waals surface area contributed by atoms with E-state index in [0.717, 1.165) is 24.9 Å². The number of rotatable bonds is 6. The van der Waals surface area contributed by atoms with E-state index in [1.165, 1.54) is 11.0 Å². The smallest absolute Gasteiger partial charge is 0.246 e. The Labute approximate surface area is 156 Å². The summed E-state index contributed by atoms with van der Waals surface area (Å²) in [5.41, 5.74) is 0.761. The van der Waals surface area contributed by atoms with Crippen molar-refractivity contribution in [3.63, 3.8) is 0 Å². The van der Waals surface area contributed by atoms with Crippen LogP contribution >= 0.6 is 11.6 Å². The molecule has 138 valence electrons. The van der Waals surface area contributed by atoms with Gasteiger partial charge in [-0.15, -0.1) is 5.10 Å². The first-order valence-corrected chi connectivity index (χ1v) is 9.02. The summed E-state index contributed by atoms with van der Waals surface area (Å²) in [5.74, 6) is -0.275. The van der Waals surface area contributed by atoms with Crippen molar-refractivity contribution in [1.82, 2.24) is 25.1 Å². The van der Waals surface area contributed by atoms with E-state index in [4.69, 9.17) is 11.6 Å². The lowest BCUT2D eigenvalue weighted by Gasteiger charge is -2.41. The van der Waals surface area contributed by atoms with Gasteiger partial charge in [0.2, 0.25) is 11.8 Å². The number of halogens is 1. The van der Waals surface area contributed by atoms with Crippen LogP contribution in [0.25, 0.3) is 0 Å². The second-order valence-corrected chi connectivity index (χ2v) is 6.75. The van der Waals surface area contributed by atoms with Gasteiger partial charge in [-0.1, -0.05) is 37.4 Å². The van der Waals surface area contributed by atoms with Crippen molar-refractivity contribution in [3.8, 4) is 0 Å². The van der Waals surface area contributed by atoms with Crippen LogP contribution in [0.1, 0.15) is 26.2 Å². The van der Waals surface area contributed by atoms with Crippen LogP contribution in [-0.2, 0) is 16.1 Å². The van der Waals surface area contributed by atoms with E-state index in [2.05, 4.69) is 22.4 Å². The van der Waals surface area contributed by atoms with Crippen LogP contribution in [0.5, 0.6) is 0 Å². The van der Waals surface area contributed by atoms with Gasteiger partial charge in [0.05, 0.1) is 6.04 Å².